The number of alkyl carbamates (subject to hydrolysis) is 1. The number of nitrogens with one attached hydrogen (secondary N) is 2. The standard InChI is InChI=1S/C31H45BN2O7/c1-21(34-28(36)39-29(2,3)4)19-33-25(27(35)37-9)18-23-15-16-26(38-20-22-13-11-10-12-14-22)24(17-23)32-40-30(5,6)31(7,8)41-32/h10-17,21,25,33H,18-20H2,1-9H3,(H,34,36)/t21-,25-/m0/s1. The largest absolute Gasteiger partial charge is 0.498 e. The van der Waals surface area contributed by atoms with E-state index in [9.17, 15) is 9.59 Å². The number of hydrogen-bond acceptors (Lipinski definition) is 8. The molecule has 0 aliphatic carbocycles. The number of esters is 1. The summed E-state index contributed by atoms with van der Waals surface area (Å²) in [5, 5.41) is 6.01. The zero-order chi connectivity index (χ0) is 30.4. The average Bonchev–Trinajstić information content (AvgIpc) is 3.10. The Kier molecular flexibility index (Phi) is 10.5. The first-order chi connectivity index (χ1) is 19.1. The van der Waals surface area contributed by atoms with E-state index < -0.39 is 42.0 Å². The minimum absolute atomic E-state index is 0.286. The number of hydrogen-bond donors (Lipinski definition) is 2. The van der Waals surface area contributed by atoms with Crippen LogP contribution in [-0.2, 0) is 36.6 Å². The maximum Gasteiger partial charge on any atom is 0.498 e. The van der Waals surface area contributed by atoms with Gasteiger partial charge in [-0.2, -0.15) is 0 Å². The summed E-state index contributed by atoms with van der Waals surface area (Å²) in [5.74, 6) is 0.241. The zero-order valence-corrected chi connectivity index (χ0v) is 25.8. The van der Waals surface area contributed by atoms with Crippen LogP contribution in [0.3, 0.4) is 0 Å². The highest BCUT2D eigenvalue weighted by molar-refractivity contribution is 6.63. The van der Waals surface area contributed by atoms with Crippen LogP contribution < -0.4 is 20.8 Å². The van der Waals surface area contributed by atoms with E-state index in [4.69, 9.17) is 23.5 Å². The van der Waals surface area contributed by atoms with Crippen LogP contribution in [0.5, 0.6) is 5.75 Å². The van der Waals surface area contributed by atoms with Crippen LogP contribution in [0.15, 0.2) is 48.5 Å². The van der Waals surface area contributed by atoms with Gasteiger partial charge >= 0.3 is 19.2 Å². The molecule has 1 fully saturated rings. The van der Waals surface area contributed by atoms with Gasteiger partial charge in [0.05, 0.1) is 18.3 Å². The van der Waals surface area contributed by atoms with Crippen molar-refractivity contribution in [1.82, 2.24) is 10.6 Å². The number of methoxy groups -OCH3 is 1. The molecule has 2 aromatic rings. The lowest BCUT2D eigenvalue weighted by Gasteiger charge is -2.32. The molecule has 0 unspecified atom stereocenters. The fourth-order valence-electron chi connectivity index (χ4n) is 4.24. The lowest BCUT2D eigenvalue weighted by Crippen LogP contribution is -2.48. The lowest BCUT2D eigenvalue weighted by atomic mass is 9.77. The molecule has 9 nitrogen and oxygen atoms in total. The number of carbonyl (C=O) groups excluding carboxylic acids is 2. The molecular weight excluding hydrogens is 523 g/mol. The summed E-state index contributed by atoms with van der Waals surface area (Å²) in [6.45, 7) is 16.0. The lowest BCUT2D eigenvalue weighted by molar-refractivity contribution is -0.143. The van der Waals surface area contributed by atoms with Crippen LogP contribution in [0.2, 0.25) is 0 Å². The molecule has 0 saturated carbocycles. The van der Waals surface area contributed by atoms with Crippen LogP contribution >= 0.6 is 0 Å². The summed E-state index contributed by atoms with van der Waals surface area (Å²) < 4.78 is 29.3. The van der Waals surface area contributed by atoms with Gasteiger partial charge in [0.1, 0.15) is 24.0 Å². The first kappa shape index (κ1) is 32.4. The molecular formula is C31H45BN2O7. The molecule has 1 amide bonds. The van der Waals surface area contributed by atoms with Gasteiger partial charge in [0.2, 0.25) is 0 Å². The summed E-state index contributed by atoms with van der Waals surface area (Å²) >= 11 is 0. The monoisotopic (exact) mass is 568 g/mol. The van der Waals surface area contributed by atoms with E-state index in [2.05, 4.69) is 10.6 Å². The molecule has 0 radical (unpaired) electrons. The molecule has 1 saturated heterocycles. The van der Waals surface area contributed by atoms with Crippen molar-refractivity contribution >= 4 is 24.6 Å². The third-order valence-corrected chi connectivity index (χ3v) is 7.18. The van der Waals surface area contributed by atoms with Gasteiger partial charge in [-0.25, -0.2) is 4.79 Å². The average molecular weight is 569 g/mol. The Hall–Kier alpha value is -3.08. The SMILES string of the molecule is COC(=O)[C@H](Cc1ccc(OCc2ccccc2)c(B2OC(C)(C)C(C)(C)O2)c1)NC[C@H](C)NC(=O)OC(C)(C)C. The van der Waals surface area contributed by atoms with Crippen molar-refractivity contribution in [1.29, 1.82) is 0 Å². The Morgan fingerprint density at radius 1 is 0.976 bits per heavy atom. The third kappa shape index (κ3) is 9.21. The summed E-state index contributed by atoms with van der Waals surface area (Å²) in [6.07, 6.45) is -0.170. The van der Waals surface area contributed by atoms with Crippen molar-refractivity contribution in [3.8, 4) is 5.75 Å². The third-order valence-electron chi connectivity index (χ3n) is 7.18. The maximum atomic E-state index is 12.7. The fraction of sp³-hybridized carbons (Fsp3) is 0.548. The minimum atomic E-state index is -0.648. The van der Waals surface area contributed by atoms with E-state index in [1.54, 1.807) is 20.8 Å². The second kappa shape index (κ2) is 13.3. The smallest absolute Gasteiger partial charge is 0.489 e. The van der Waals surface area contributed by atoms with E-state index in [1.807, 2.05) is 83.1 Å². The molecule has 224 valence electrons. The minimum Gasteiger partial charge on any atom is -0.489 e. The topological polar surface area (TPSA) is 104 Å². The molecule has 2 atom stereocenters. The summed E-state index contributed by atoms with van der Waals surface area (Å²) in [5.41, 5.74) is 1.01. The van der Waals surface area contributed by atoms with E-state index in [0.29, 0.717) is 25.3 Å². The van der Waals surface area contributed by atoms with Gasteiger partial charge in [-0.3, -0.25) is 4.79 Å². The second-order valence-corrected chi connectivity index (χ2v) is 12.5. The van der Waals surface area contributed by atoms with Crippen LogP contribution in [0.4, 0.5) is 4.79 Å². The normalized spacial score (nSPS) is 17.4. The van der Waals surface area contributed by atoms with Crippen molar-refractivity contribution in [2.24, 2.45) is 0 Å². The van der Waals surface area contributed by atoms with Gasteiger partial charge in [-0.1, -0.05) is 42.5 Å². The molecule has 0 aromatic heterocycles. The van der Waals surface area contributed by atoms with Crippen LogP contribution in [0.25, 0.3) is 0 Å². The van der Waals surface area contributed by atoms with Crippen molar-refractivity contribution in [2.45, 2.75) is 97.3 Å². The first-order valence-corrected chi connectivity index (χ1v) is 14.1. The van der Waals surface area contributed by atoms with Crippen LogP contribution in [0.1, 0.15) is 66.5 Å². The van der Waals surface area contributed by atoms with Gasteiger partial charge in [0.15, 0.2) is 0 Å². The van der Waals surface area contributed by atoms with Gasteiger partial charge in [0.25, 0.3) is 0 Å². The molecule has 41 heavy (non-hydrogen) atoms. The summed E-state index contributed by atoms with van der Waals surface area (Å²) in [6, 6.07) is 14.8. The highest BCUT2D eigenvalue weighted by atomic mass is 16.7. The number of benzene rings is 2. The predicted octanol–water partition coefficient (Wildman–Crippen LogP) is 4.15. The van der Waals surface area contributed by atoms with E-state index >= 15 is 0 Å². The Morgan fingerprint density at radius 2 is 1.61 bits per heavy atom. The Bertz CT molecular complexity index is 1160. The fourth-order valence-corrected chi connectivity index (χ4v) is 4.24. The quantitative estimate of drug-likeness (QED) is 0.308. The molecule has 1 aliphatic heterocycles. The highest BCUT2D eigenvalue weighted by Gasteiger charge is 2.52. The summed E-state index contributed by atoms with van der Waals surface area (Å²) in [4.78, 5) is 24.8. The van der Waals surface area contributed by atoms with Gasteiger partial charge in [-0.15, -0.1) is 0 Å². The molecule has 10 heteroatoms. The Labute approximate surface area is 244 Å². The van der Waals surface area contributed by atoms with Gasteiger partial charge in [-0.05, 0) is 79.0 Å². The zero-order valence-electron chi connectivity index (χ0n) is 25.8. The van der Waals surface area contributed by atoms with Gasteiger partial charge < -0.3 is 34.2 Å². The van der Waals surface area contributed by atoms with E-state index in [-0.39, 0.29) is 6.04 Å². The highest BCUT2D eigenvalue weighted by Crippen LogP contribution is 2.37. The number of ether oxygens (including phenoxy) is 3. The van der Waals surface area contributed by atoms with Gasteiger partial charge in [0, 0.05) is 18.0 Å². The Morgan fingerprint density at radius 3 is 2.20 bits per heavy atom. The van der Waals surface area contributed by atoms with Crippen molar-refractivity contribution in [2.75, 3.05) is 13.7 Å². The Balaban J connectivity index is 1.78. The summed E-state index contributed by atoms with van der Waals surface area (Å²) in [7, 11) is 0.712. The van der Waals surface area contributed by atoms with E-state index in [1.165, 1.54) is 7.11 Å². The van der Waals surface area contributed by atoms with Crippen molar-refractivity contribution in [3.63, 3.8) is 0 Å². The first-order valence-electron chi connectivity index (χ1n) is 14.1. The molecule has 3 rings (SSSR count). The number of rotatable bonds is 11. The molecule has 0 spiro atoms. The second-order valence-electron chi connectivity index (χ2n) is 12.5. The van der Waals surface area contributed by atoms with E-state index in [0.717, 1.165) is 16.6 Å². The molecule has 2 N–H and O–H groups in total. The van der Waals surface area contributed by atoms with Crippen LogP contribution in [-0.4, -0.2) is 61.7 Å². The number of carbonyl (C=O) groups is 2. The maximum absolute atomic E-state index is 12.7. The molecule has 1 aliphatic rings. The predicted molar refractivity (Wildman–Crippen MR) is 159 cm³/mol. The van der Waals surface area contributed by atoms with Crippen molar-refractivity contribution < 1.29 is 33.1 Å². The molecule has 2 aromatic carbocycles. The van der Waals surface area contributed by atoms with Crippen molar-refractivity contribution in [3.05, 3.63) is 59.7 Å². The molecule has 1 heterocycles. The number of amides is 1. The molecule has 0 bridgehead atoms. The van der Waals surface area contributed by atoms with Crippen LogP contribution in [0, 0.1) is 0 Å².